The first-order valence-electron chi connectivity index (χ1n) is 6.01. The van der Waals surface area contributed by atoms with Gasteiger partial charge in [0.1, 0.15) is 11.6 Å². The van der Waals surface area contributed by atoms with Crippen LogP contribution < -0.4 is 5.32 Å². The van der Waals surface area contributed by atoms with Crippen molar-refractivity contribution in [2.75, 3.05) is 7.05 Å². The number of likely N-dealkylation sites (N-methyl/N-ethyl adjacent to an activating group) is 1. The zero-order chi connectivity index (χ0) is 13.2. The van der Waals surface area contributed by atoms with Crippen molar-refractivity contribution in [3.05, 3.63) is 34.9 Å². The van der Waals surface area contributed by atoms with E-state index in [-0.39, 0.29) is 23.6 Å². The summed E-state index contributed by atoms with van der Waals surface area (Å²) < 4.78 is 27.3. The molecule has 0 aromatic heterocycles. The van der Waals surface area contributed by atoms with Gasteiger partial charge in [-0.15, -0.1) is 0 Å². The fraction of sp³-hybridized carbons (Fsp3) is 0.571. The minimum Gasteiger partial charge on any atom is -0.316 e. The van der Waals surface area contributed by atoms with Crippen LogP contribution in [0.3, 0.4) is 0 Å². The summed E-state index contributed by atoms with van der Waals surface area (Å²) >= 11 is 0. The maximum Gasteiger partial charge on any atom is 0.127 e. The summed E-state index contributed by atoms with van der Waals surface area (Å²) in [6.07, 6.45) is 0. The largest absolute Gasteiger partial charge is 0.316 e. The summed E-state index contributed by atoms with van der Waals surface area (Å²) in [5.41, 5.74) is 0.796. The van der Waals surface area contributed by atoms with Crippen molar-refractivity contribution >= 4 is 0 Å². The van der Waals surface area contributed by atoms with Gasteiger partial charge in [-0.3, -0.25) is 0 Å². The Morgan fingerprint density at radius 2 is 1.65 bits per heavy atom. The van der Waals surface area contributed by atoms with Gasteiger partial charge in [0, 0.05) is 6.04 Å². The summed E-state index contributed by atoms with van der Waals surface area (Å²) in [5.74, 6) is -0.363. The van der Waals surface area contributed by atoms with E-state index < -0.39 is 0 Å². The topological polar surface area (TPSA) is 12.0 Å². The van der Waals surface area contributed by atoms with Crippen LogP contribution in [0.5, 0.6) is 0 Å². The molecule has 0 aliphatic rings. The molecular weight excluding hydrogens is 220 g/mol. The van der Waals surface area contributed by atoms with Crippen LogP contribution in [0.15, 0.2) is 12.1 Å². The molecule has 1 aromatic carbocycles. The molecule has 1 N–H and O–H groups in total. The average Bonchev–Trinajstić information content (AvgIpc) is 2.23. The Balaban J connectivity index is 3.11. The van der Waals surface area contributed by atoms with E-state index in [2.05, 4.69) is 19.2 Å². The highest BCUT2D eigenvalue weighted by Crippen LogP contribution is 2.27. The molecule has 17 heavy (non-hydrogen) atoms. The summed E-state index contributed by atoms with van der Waals surface area (Å²) in [7, 11) is 1.85. The number of aryl methyl sites for hydroxylation is 1. The lowest BCUT2D eigenvalue weighted by molar-refractivity contribution is 0.368. The van der Waals surface area contributed by atoms with E-state index in [1.54, 1.807) is 6.92 Å². The van der Waals surface area contributed by atoms with Crippen molar-refractivity contribution in [3.63, 3.8) is 0 Å². The molecule has 1 rings (SSSR count). The van der Waals surface area contributed by atoms with Crippen LogP contribution in [0.2, 0.25) is 0 Å². The molecule has 0 aliphatic carbocycles. The van der Waals surface area contributed by atoms with Gasteiger partial charge in [0.05, 0.1) is 0 Å². The van der Waals surface area contributed by atoms with Crippen LogP contribution in [-0.2, 0) is 0 Å². The fourth-order valence-corrected chi connectivity index (χ4v) is 2.36. The normalized spacial score (nSPS) is 15.1. The second kappa shape index (κ2) is 5.58. The van der Waals surface area contributed by atoms with Gasteiger partial charge in [-0.25, -0.2) is 8.78 Å². The smallest absolute Gasteiger partial charge is 0.127 e. The number of benzene rings is 1. The Labute approximate surface area is 102 Å². The zero-order valence-corrected chi connectivity index (χ0v) is 11.1. The molecule has 96 valence electrons. The van der Waals surface area contributed by atoms with Gasteiger partial charge in [-0.2, -0.15) is 0 Å². The molecule has 0 bridgehead atoms. The van der Waals surface area contributed by atoms with Crippen LogP contribution >= 0.6 is 0 Å². The van der Waals surface area contributed by atoms with Gasteiger partial charge in [-0.1, -0.05) is 20.8 Å². The Kier molecular flexibility index (Phi) is 4.63. The summed E-state index contributed by atoms with van der Waals surface area (Å²) in [5, 5.41) is 3.17. The SMILES string of the molecule is CNC(C(C)C)C(C)c1cc(F)c(C)cc1F. The van der Waals surface area contributed by atoms with Gasteiger partial charge >= 0.3 is 0 Å². The van der Waals surface area contributed by atoms with E-state index in [0.29, 0.717) is 17.0 Å². The highest BCUT2D eigenvalue weighted by Gasteiger charge is 2.23. The fourth-order valence-electron chi connectivity index (χ4n) is 2.36. The van der Waals surface area contributed by atoms with Crippen molar-refractivity contribution in [1.82, 2.24) is 5.32 Å². The first-order valence-corrected chi connectivity index (χ1v) is 6.01. The molecule has 0 amide bonds. The summed E-state index contributed by atoms with van der Waals surface area (Å²) in [6, 6.07) is 2.72. The van der Waals surface area contributed by atoms with Crippen LogP contribution in [0, 0.1) is 24.5 Å². The van der Waals surface area contributed by atoms with Crippen molar-refractivity contribution in [2.24, 2.45) is 5.92 Å². The number of hydrogen-bond acceptors (Lipinski definition) is 1. The molecule has 0 spiro atoms. The predicted octanol–water partition coefficient (Wildman–Crippen LogP) is 3.62. The Morgan fingerprint density at radius 1 is 1.06 bits per heavy atom. The van der Waals surface area contributed by atoms with E-state index in [1.165, 1.54) is 12.1 Å². The molecule has 0 saturated carbocycles. The number of rotatable bonds is 4. The molecule has 1 nitrogen and oxygen atoms in total. The molecule has 0 heterocycles. The van der Waals surface area contributed by atoms with Gasteiger partial charge in [-0.05, 0) is 49.1 Å². The van der Waals surface area contributed by atoms with Gasteiger partial charge in [0.15, 0.2) is 0 Å². The third-order valence-corrected chi connectivity index (χ3v) is 3.36. The molecule has 1 aromatic rings. The lowest BCUT2D eigenvalue weighted by atomic mass is 9.86. The Hall–Kier alpha value is -0.960. The Bertz CT molecular complexity index is 388. The van der Waals surface area contributed by atoms with Crippen LogP contribution in [-0.4, -0.2) is 13.1 Å². The number of hydrogen-bond donors (Lipinski definition) is 1. The van der Waals surface area contributed by atoms with Gasteiger partial charge in [0.2, 0.25) is 0 Å². The Morgan fingerprint density at radius 3 is 2.12 bits per heavy atom. The minimum absolute atomic E-state index is 0.0601. The number of halogens is 2. The van der Waals surface area contributed by atoms with Crippen molar-refractivity contribution in [1.29, 1.82) is 0 Å². The third-order valence-electron chi connectivity index (χ3n) is 3.36. The van der Waals surface area contributed by atoms with Crippen molar-refractivity contribution in [2.45, 2.75) is 39.7 Å². The molecule has 0 saturated heterocycles. The highest BCUT2D eigenvalue weighted by atomic mass is 19.1. The lowest BCUT2D eigenvalue weighted by Crippen LogP contribution is -2.36. The maximum absolute atomic E-state index is 13.8. The van der Waals surface area contributed by atoms with E-state index in [0.717, 1.165) is 0 Å². The van der Waals surface area contributed by atoms with Crippen molar-refractivity contribution < 1.29 is 8.78 Å². The lowest BCUT2D eigenvalue weighted by Gasteiger charge is -2.28. The van der Waals surface area contributed by atoms with Crippen LogP contribution in [0.25, 0.3) is 0 Å². The zero-order valence-electron chi connectivity index (χ0n) is 11.1. The molecule has 0 aliphatic heterocycles. The van der Waals surface area contributed by atoms with E-state index >= 15 is 0 Å². The molecule has 2 atom stereocenters. The quantitative estimate of drug-likeness (QED) is 0.849. The van der Waals surface area contributed by atoms with Crippen molar-refractivity contribution in [3.8, 4) is 0 Å². The second-order valence-corrected chi connectivity index (χ2v) is 4.97. The molecule has 2 unspecified atom stereocenters. The second-order valence-electron chi connectivity index (χ2n) is 4.97. The number of nitrogens with one attached hydrogen (secondary N) is 1. The third kappa shape index (κ3) is 3.03. The first kappa shape index (κ1) is 14.1. The monoisotopic (exact) mass is 241 g/mol. The molecular formula is C14H21F2N. The molecule has 0 fully saturated rings. The standard InChI is InChI=1S/C14H21F2N/c1-8(2)14(17-5)10(4)11-7-12(15)9(3)6-13(11)16/h6-8,10,14,17H,1-5H3. The summed E-state index contributed by atoms with van der Waals surface area (Å²) in [4.78, 5) is 0. The van der Waals surface area contributed by atoms with Gasteiger partial charge in [0.25, 0.3) is 0 Å². The first-order chi connectivity index (χ1) is 7.88. The summed E-state index contributed by atoms with van der Waals surface area (Å²) in [6.45, 7) is 7.64. The minimum atomic E-state index is -0.341. The predicted molar refractivity (Wildman–Crippen MR) is 67.2 cm³/mol. The van der Waals surface area contributed by atoms with Gasteiger partial charge < -0.3 is 5.32 Å². The maximum atomic E-state index is 13.8. The molecule has 3 heteroatoms. The average molecular weight is 241 g/mol. The van der Waals surface area contributed by atoms with Crippen LogP contribution in [0.1, 0.15) is 37.8 Å². The molecule has 0 radical (unpaired) electrons. The van der Waals surface area contributed by atoms with E-state index in [4.69, 9.17) is 0 Å². The van der Waals surface area contributed by atoms with E-state index in [9.17, 15) is 8.78 Å². The van der Waals surface area contributed by atoms with Crippen LogP contribution in [0.4, 0.5) is 8.78 Å². The highest BCUT2D eigenvalue weighted by molar-refractivity contribution is 5.28. The van der Waals surface area contributed by atoms with E-state index in [1.807, 2.05) is 14.0 Å².